The van der Waals surface area contributed by atoms with Crippen molar-refractivity contribution in [3.05, 3.63) is 30.1 Å². The van der Waals surface area contributed by atoms with Gasteiger partial charge >= 0.3 is 5.97 Å². The predicted molar refractivity (Wildman–Crippen MR) is 69.2 cm³/mol. The number of carboxylic acids is 1. The second-order valence-electron chi connectivity index (χ2n) is 4.85. The van der Waals surface area contributed by atoms with E-state index in [1.165, 1.54) is 5.56 Å². The van der Waals surface area contributed by atoms with Crippen LogP contribution in [0.5, 0.6) is 0 Å². The van der Waals surface area contributed by atoms with E-state index in [-0.39, 0.29) is 5.92 Å². The van der Waals surface area contributed by atoms with Crippen LogP contribution in [0, 0.1) is 5.92 Å². The summed E-state index contributed by atoms with van der Waals surface area (Å²) >= 11 is 0. The predicted octanol–water partition coefficient (Wildman–Crippen LogP) is 2.33. The van der Waals surface area contributed by atoms with Crippen molar-refractivity contribution in [1.29, 1.82) is 0 Å². The van der Waals surface area contributed by atoms with E-state index in [0.717, 1.165) is 32.4 Å². The first kappa shape index (κ1) is 13.0. The van der Waals surface area contributed by atoms with Gasteiger partial charge in [-0.25, -0.2) is 0 Å². The van der Waals surface area contributed by atoms with Crippen LogP contribution in [0.1, 0.15) is 37.8 Å². The molecule has 4 heteroatoms. The zero-order valence-electron chi connectivity index (χ0n) is 10.7. The molecule has 0 aromatic carbocycles. The summed E-state index contributed by atoms with van der Waals surface area (Å²) in [4.78, 5) is 17.4. The van der Waals surface area contributed by atoms with Gasteiger partial charge in [-0.05, 0) is 50.0 Å². The van der Waals surface area contributed by atoms with Crippen molar-refractivity contribution in [3.8, 4) is 0 Å². The molecule has 1 atom stereocenters. The third-order valence-corrected chi connectivity index (χ3v) is 3.80. The van der Waals surface area contributed by atoms with E-state index in [9.17, 15) is 4.79 Å². The molecule has 1 aromatic rings. The molecule has 4 nitrogen and oxygen atoms in total. The molecule has 1 aromatic heterocycles. The number of rotatable bonds is 4. The van der Waals surface area contributed by atoms with Crippen LogP contribution in [0.3, 0.4) is 0 Å². The van der Waals surface area contributed by atoms with Crippen molar-refractivity contribution in [2.24, 2.45) is 5.92 Å². The Labute approximate surface area is 108 Å². The van der Waals surface area contributed by atoms with Gasteiger partial charge in [-0.15, -0.1) is 0 Å². The molecule has 0 bridgehead atoms. The second kappa shape index (κ2) is 5.96. The maximum atomic E-state index is 10.9. The fourth-order valence-electron chi connectivity index (χ4n) is 2.75. The Morgan fingerprint density at radius 1 is 1.44 bits per heavy atom. The van der Waals surface area contributed by atoms with Gasteiger partial charge in [0, 0.05) is 18.4 Å². The molecule has 2 rings (SSSR count). The van der Waals surface area contributed by atoms with Crippen molar-refractivity contribution in [2.75, 3.05) is 13.1 Å². The van der Waals surface area contributed by atoms with E-state index >= 15 is 0 Å². The Bertz CT molecular complexity index is 386. The molecule has 1 unspecified atom stereocenters. The smallest absolute Gasteiger partial charge is 0.306 e. The molecular weight excluding hydrogens is 228 g/mol. The van der Waals surface area contributed by atoms with Gasteiger partial charge in [-0.1, -0.05) is 6.92 Å². The number of aliphatic carboxylic acids is 1. The molecule has 1 fully saturated rings. The van der Waals surface area contributed by atoms with Gasteiger partial charge in [0.15, 0.2) is 0 Å². The number of hydrogen-bond donors (Lipinski definition) is 1. The Kier molecular flexibility index (Phi) is 4.31. The highest BCUT2D eigenvalue weighted by molar-refractivity contribution is 5.70. The van der Waals surface area contributed by atoms with Gasteiger partial charge in [0.05, 0.1) is 5.92 Å². The summed E-state index contributed by atoms with van der Waals surface area (Å²) in [5, 5.41) is 9.01. The summed E-state index contributed by atoms with van der Waals surface area (Å²) in [6.07, 6.45) is 6.21. The highest BCUT2D eigenvalue weighted by atomic mass is 16.4. The van der Waals surface area contributed by atoms with E-state index in [1.54, 1.807) is 0 Å². The van der Waals surface area contributed by atoms with Gasteiger partial charge in [-0.3, -0.25) is 14.7 Å². The normalized spacial score (nSPS) is 19.6. The van der Waals surface area contributed by atoms with Crippen molar-refractivity contribution in [1.82, 2.24) is 9.88 Å². The summed E-state index contributed by atoms with van der Waals surface area (Å²) in [5.41, 5.74) is 1.28. The first-order chi connectivity index (χ1) is 8.72. The standard InChI is InChI=1S/C14H20N2O2/c1-2-13(11-3-7-15-8-4-11)16-9-5-12(6-10-16)14(17)18/h3-4,7-8,12-13H,2,5-6,9-10H2,1H3,(H,17,18). The lowest BCUT2D eigenvalue weighted by Gasteiger charge is -2.36. The highest BCUT2D eigenvalue weighted by Crippen LogP contribution is 2.28. The average molecular weight is 248 g/mol. The van der Waals surface area contributed by atoms with Crippen LogP contribution in [-0.2, 0) is 4.79 Å². The molecule has 1 aliphatic heterocycles. The number of nitrogens with zero attached hydrogens (tertiary/aromatic N) is 2. The van der Waals surface area contributed by atoms with Crippen LogP contribution in [0.15, 0.2) is 24.5 Å². The third kappa shape index (κ3) is 2.88. The fourth-order valence-corrected chi connectivity index (χ4v) is 2.75. The molecule has 1 N–H and O–H groups in total. The number of carbonyl (C=O) groups is 1. The van der Waals surface area contributed by atoms with Gasteiger partial charge in [0.25, 0.3) is 0 Å². The minimum Gasteiger partial charge on any atom is -0.481 e. The van der Waals surface area contributed by atoms with Crippen LogP contribution in [0.4, 0.5) is 0 Å². The molecule has 2 heterocycles. The van der Waals surface area contributed by atoms with Gasteiger partial charge in [-0.2, -0.15) is 0 Å². The molecular formula is C14H20N2O2. The van der Waals surface area contributed by atoms with E-state index in [1.807, 2.05) is 12.4 Å². The summed E-state index contributed by atoms with van der Waals surface area (Å²) in [6.45, 7) is 3.92. The second-order valence-corrected chi connectivity index (χ2v) is 4.85. The number of likely N-dealkylation sites (tertiary alicyclic amines) is 1. The summed E-state index contributed by atoms with van der Waals surface area (Å²) in [7, 11) is 0. The van der Waals surface area contributed by atoms with E-state index in [4.69, 9.17) is 5.11 Å². The third-order valence-electron chi connectivity index (χ3n) is 3.80. The van der Waals surface area contributed by atoms with Crippen LogP contribution in [-0.4, -0.2) is 34.0 Å². The van der Waals surface area contributed by atoms with Crippen LogP contribution in [0.2, 0.25) is 0 Å². The molecule has 0 spiro atoms. The quantitative estimate of drug-likeness (QED) is 0.888. The maximum Gasteiger partial charge on any atom is 0.306 e. The van der Waals surface area contributed by atoms with Crippen LogP contribution in [0.25, 0.3) is 0 Å². The minimum atomic E-state index is -0.647. The van der Waals surface area contributed by atoms with E-state index in [0.29, 0.717) is 6.04 Å². The first-order valence-corrected chi connectivity index (χ1v) is 6.59. The van der Waals surface area contributed by atoms with Gasteiger partial charge in [0.2, 0.25) is 0 Å². The number of pyridine rings is 1. The number of carboxylic acid groups (broad SMARTS) is 1. The fraction of sp³-hybridized carbons (Fsp3) is 0.571. The first-order valence-electron chi connectivity index (χ1n) is 6.59. The maximum absolute atomic E-state index is 10.9. The molecule has 18 heavy (non-hydrogen) atoms. The molecule has 1 saturated heterocycles. The number of aromatic nitrogens is 1. The SMILES string of the molecule is CCC(c1ccncc1)N1CCC(C(=O)O)CC1. The van der Waals surface area contributed by atoms with E-state index in [2.05, 4.69) is 28.9 Å². The van der Waals surface area contributed by atoms with Gasteiger partial charge in [0.1, 0.15) is 0 Å². The van der Waals surface area contributed by atoms with Crippen LogP contribution < -0.4 is 0 Å². The summed E-state index contributed by atoms with van der Waals surface area (Å²) < 4.78 is 0. The molecule has 98 valence electrons. The zero-order valence-corrected chi connectivity index (χ0v) is 10.7. The van der Waals surface area contributed by atoms with E-state index < -0.39 is 5.97 Å². The molecule has 0 amide bonds. The largest absolute Gasteiger partial charge is 0.481 e. The lowest BCUT2D eigenvalue weighted by Crippen LogP contribution is -2.38. The molecule has 0 aliphatic carbocycles. The number of piperidine rings is 1. The monoisotopic (exact) mass is 248 g/mol. The molecule has 0 saturated carbocycles. The summed E-state index contributed by atoms with van der Waals surface area (Å²) in [6, 6.07) is 4.50. The van der Waals surface area contributed by atoms with Crippen molar-refractivity contribution < 1.29 is 9.90 Å². The van der Waals surface area contributed by atoms with Crippen molar-refractivity contribution in [2.45, 2.75) is 32.2 Å². The minimum absolute atomic E-state index is 0.156. The Morgan fingerprint density at radius 2 is 2.06 bits per heavy atom. The zero-order chi connectivity index (χ0) is 13.0. The Hall–Kier alpha value is -1.42. The lowest BCUT2D eigenvalue weighted by atomic mass is 9.94. The lowest BCUT2D eigenvalue weighted by molar-refractivity contribution is -0.143. The Morgan fingerprint density at radius 3 is 2.56 bits per heavy atom. The molecule has 0 radical (unpaired) electrons. The molecule has 1 aliphatic rings. The van der Waals surface area contributed by atoms with Crippen LogP contribution >= 0.6 is 0 Å². The Balaban J connectivity index is 2.01. The summed E-state index contributed by atoms with van der Waals surface area (Å²) in [5.74, 6) is -0.803. The highest BCUT2D eigenvalue weighted by Gasteiger charge is 2.28. The average Bonchev–Trinajstić information content (AvgIpc) is 2.41. The number of hydrogen-bond acceptors (Lipinski definition) is 3. The van der Waals surface area contributed by atoms with Crippen molar-refractivity contribution in [3.63, 3.8) is 0 Å². The topological polar surface area (TPSA) is 53.4 Å². The van der Waals surface area contributed by atoms with Gasteiger partial charge < -0.3 is 5.11 Å². The van der Waals surface area contributed by atoms with Crippen molar-refractivity contribution >= 4 is 5.97 Å².